The highest BCUT2D eigenvalue weighted by molar-refractivity contribution is 6.23. The molecule has 58 heavy (non-hydrogen) atoms. The van der Waals surface area contributed by atoms with E-state index in [1.54, 1.807) is 29.2 Å². The maximum absolute atomic E-state index is 13.4. The number of likely N-dealkylation sites (tertiary alicyclic amines) is 1. The van der Waals surface area contributed by atoms with E-state index in [4.69, 9.17) is 11.3 Å². The molecule has 1 aromatic heterocycles. The lowest BCUT2D eigenvalue weighted by molar-refractivity contribution is -0.137. The highest BCUT2D eigenvalue weighted by atomic mass is 19.4. The number of imide groups is 2. The maximum atomic E-state index is 13.4. The largest absolute Gasteiger partial charge is 0.471 e. The lowest BCUT2D eigenvalue weighted by atomic mass is 9.94. The summed E-state index contributed by atoms with van der Waals surface area (Å²) in [6.45, 7) is 11.8. The number of benzene rings is 2. The van der Waals surface area contributed by atoms with E-state index in [0.717, 1.165) is 62.2 Å². The summed E-state index contributed by atoms with van der Waals surface area (Å²) in [6, 6.07) is 11.2. The number of carbonyl (C=O) groups is 5. The molecule has 2 aromatic carbocycles. The molecule has 0 saturated carbocycles. The van der Waals surface area contributed by atoms with Gasteiger partial charge < -0.3 is 19.9 Å². The van der Waals surface area contributed by atoms with Gasteiger partial charge in [0, 0.05) is 75.6 Å². The first-order valence-corrected chi connectivity index (χ1v) is 19.3. The third-order valence-electron chi connectivity index (χ3n) is 11.7. The van der Waals surface area contributed by atoms with Gasteiger partial charge in [-0.15, -0.1) is 10.2 Å². The van der Waals surface area contributed by atoms with Crippen molar-refractivity contribution < 1.29 is 41.9 Å². The number of nitrogens with zero attached hydrogens (tertiary/aromatic N) is 7. The minimum atomic E-state index is -4.63. The van der Waals surface area contributed by atoms with Gasteiger partial charge in [0.25, 0.3) is 11.8 Å². The molecule has 4 fully saturated rings. The Morgan fingerprint density at radius 3 is 2.19 bits per heavy atom. The van der Waals surface area contributed by atoms with Crippen LogP contribution < -0.4 is 25.2 Å². The van der Waals surface area contributed by atoms with E-state index < -0.39 is 47.1 Å². The van der Waals surface area contributed by atoms with Crippen LogP contribution in [0, 0.1) is 18.4 Å². The molecule has 6 heterocycles. The van der Waals surface area contributed by atoms with Crippen molar-refractivity contribution in [3.63, 3.8) is 0 Å². The molecule has 5 aliphatic rings. The van der Waals surface area contributed by atoms with Crippen molar-refractivity contribution in [3.8, 4) is 5.88 Å². The van der Waals surface area contributed by atoms with Crippen molar-refractivity contribution >= 4 is 52.4 Å². The van der Waals surface area contributed by atoms with Crippen LogP contribution in [0.25, 0.3) is 4.85 Å². The fourth-order valence-corrected chi connectivity index (χ4v) is 8.43. The Kier molecular flexibility index (Phi) is 10.5. The van der Waals surface area contributed by atoms with Gasteiger partial charge in [-0.05, 0) is 74.4 Å². The van der Waals surface area contributed by atoms with E-state index in [9.17, 15) is 37.1 Å². The number of fused-ring (bicyclic) bond motifs is 1. The maximum Gasteiger partial charge on any atom is 0.407 e. The molecule has 302 valence electrons. The Hall–Kier alpha value is -6.09. The molecule has 0 radical (unpaired) electrons. The van der Waals surface area contributed by atoms with Crippen LogP contribution >= 0.6 is 0 Å². The predicted molar refractivity (Wildman–Crippen MR) is 202 cm³/mol. The zero-order chi connectivity index (χ0) is 40.7. The van der Waals surface area contributed by atoms with E-state index in [-0.39, 0.29) is 47.7 Å². The van der Waals surface area contributed by atoms with Crippen LogP contribution in [0.5, 0.6) is 5.88 Å². The summed E-state index contributed by atoms with van der Waals surface area (Å²) in [4.78, 5) is 73.6. The van der Waals surface area contributed by atoms with Gasteiger partial charge in [-0.2, -0.15) is 13.2 Å². The second kappa shape index (κ2) is 15.7. The zero-order valence-electron chi connectivity index (χ0n) is 31.3. The summed E-state index contributed by atoms with van der Waals surface area (Å²) in [5.74, 6) is -1.55. The first-order valence-electron chi connectivity index (χ1n) is 19.3. The van der Waals surface area contributed by atoms with Gasteiger partial charge in [0.05, 0.1) is 23.3 Å². The van der Waals surface area contributed by atoms with E-state index in [2.05, 4.69) is 35.5 Å². The number of aromatic nitrogens is 2. The van der Waals surface area contributed by atoms with Gasteiger partial charge in [0.1, 0.15) is 12.1 Å². The van der Waals surface area contributed by atoms with E-state index >= 15 is 0 Å². The van der Waals surface area contributed by atoms with E-state index in [1.807, 2.05) is 6.07 Å². The summed E-state index contributed by atoms with van der Waals surface area (Å²) in [7, 11) is 0. The lowest BCUT2D eigenvalue weighted by Crippen LogP contribution is -2.55. The molecule has 5 amide bonds. The van der Waals surface area contributed by atoms with Crippen LogP contribution in [-0.2, 0) is 20.6 Å². The Morgan fingerprint density at radius 1 is 0.862 bits per heavy atom. The average molecular weight is 800 g/mol. The lowest BCUT2D eigenvalue weighted by Gasteiger charge is -2.42. The van der Waals surface area contributed by atoms with Gasteiger partial charge in [0.15, 0.2) is 11.5 Å². The topological polar surface area (TPSA) is 162 Å². The van der Waals surface area contributed by atoms with Crippen molar-refractivity contribution in [2.75, 3.05) is 60.9 Å². The van der Waals surface area contributed by atoms with Gasteiger partial charge in [-0.1, -0.05) is 6.07 Å². The molecular weight excluding hydrogens is 759 g/mol. The number of amides is 5. The Bertz CT molecular complexity index is 2170. The monoisotopic (exact) mass is 799 g/mol. The third-order valence-corrected chi connectivity index (χ3v) is 11.7. The molecule has 18 heteroatoms. The standard InChI is InChI=1S/C40H40F3N9O6/c1-44-31-5-3-26(19-30(31)40(41,42)43)51-16-12-24(13-17-51)36(54)45-33-7-9-35(48-47-33)58-27-21-49(22-27)20-23-10-14-50(15-11-23)25-2-4-28-29(18-25)39(57)52(38(28)56)32-6-8-34(53)46-37(32)55/h2-5,7,9,18-19,23-24,27,32H,6,8,10-17,20-22H2,(H,45,47,54)(H,46,53,55). The molecule has 5 aliphatic heterocycles. The number of hydrogen-bond acceptors (Lipinski definition) is 11. The predicted octanol–water partition coefficient (Wildman–Crippen LogP) is 4.28. The zero-order valence-corrected chi connectivity index (χ0v) is 31.3. The van der Waals surface area contributed by atoms with E-state index in [1.165, 1.54) is 12.1 Å². The molecular formula is C40H40F3N9O6. The van der Waals surface area contributed by atoms with Crippen molar-refractivity contribution in [1.29, 1.82) is 0 Å². The number of ether oxygens (including phenoxy) is 1. The Morgan fingerprint density at radius 2 is 1.53 bits per heavy atom. The highest BCUT2D eigenvalue weighted by Gasteiger charge is 2.45. The molecule has 0 aliphatic carbocycles. The second-order valence-corrected chi connectivity index (χ2v) is 15.4. The van der Waals surface area contributed by atoms with Crippen LogP contribution in [0.15, 0.2) is 48.5 Å². The van der Waals surface area contributed by atoms with Crippen molar-refractivity contribution in [2.24, 2.45) is 11.8 Å². The van der Waals surface area contributed by atoms with Crippen molar-refractivity contribution in [1.82, 2.24) is 25.3 Å². The van der Waals surface area contributed by atoms with Crippen molar-refractivity contribution in [3.05, 3.63) is 76.6 Å². The van der Waals surface area contributed by atoms with Crippen LogP contribution in [0.3, 0.4) is 0 Å². The van der Waals surface area contributed by atoms with Crippen LogP contribution in [-0.4, -0.2) is 107 Å². The number of anilines is 3. The number of carbonyl (C=O) groups excluding carboxylic acids is 5. The van der Waals surface area contributed by atoms with Gasteiger partial charge in [-0.3, -0.25) is 39.1 Å². The summed E-state index contributed by atoms with van der Waals surface area (Å²) in [5, 5.41) is 13.2. The molecule has 8 rings (SSSR count). The van der Waals surface area contributed by atoms with Crippen LogP contribution in [0.4, 0.5) is 36.1 Å². The first kappa shape index (κ1) is 38.8. The molecule has 1 unspecified atom stereocenters. The summed E-state index contributed by atoms with van der Waals surface area (Å²) >= 11 is 0. The van der Waals surface area contributed by atoms with Gasteiger partial charge >= 0.3 is 6.18 Å². The smallest absolute Gasteiger partial charge is 0.407 e. The normalized spacial score (nSPS) is 21.1. The molecule has 4 saturated heterocycles. The SMILES string of the molecule is [C-]#[N+]c1ccc(N2CCC(C(=O)Nc3ccc(OC4CN(CC5CCN(c6ccc7c(c6)C(=O)N(C6CCC(=O)NC6=O)C7=O)CC5)C4)nn3)CC2)cc1C(F)(F)F. The second-order valence-electron chi connectivity index (χ2n) is 15.4. The van der Waals surface area contributed by atoms with Crippen LogP contribution in [0.1, 0.15) is 64.8 Å². The number of alkyl halides is 3. The number of nitrogens with one attached hydrogen (secondary N) is 2. The highest BCUT2D eigenvalue weighted by Crippen LogP contribution is 2.39. The van der Waals surface area contributed by atoms with Crippen molar-refractivity contribution in [2.45, 2.75) is 56.8 Å². The first-order chi connectivity index (χ1) is 27.8. The summed E-state index contributed by atoms with van der Waals surface area (Å²) in [5.41, 5.74) is 0.355. The quantitative estimate of drug-likeness (QED) is 0.235. The number of hydrogen-bond donors (Lipinski definition) is 2. The fraction of sp³-hybridized carbons (Fsp3) is 0.450. The Balaban J connectivity index is 0.746. The summed E-state index contributed by atoms with van der Waals surface area (Å²) < 4.78 is 46.3. The summed E-state index contributed by atoms with van der Waals surface area (Å²) in [6.07, 6.45) is -1.70. The molecule has 15 nitrogen and oxygen atoms in total. The molecule has 1 atom stereocenters. The Labute approximate surface area is 331 Å². The average Bonchev–Trinajstić information content (AvgIpc) is 3.45. The molecule has 2 N–H and O–H groups in total. The third kappa shape index (κ3) is 7.90. The molecule has 0 bridgehead atoms. The minimum Gasteiger partial charge on any atom is -0.471 e. The number of halogens is 3. The van der Waals surface area contributed by atoms with Gasteiger partial charge in [-0.25, -0.2) is 4.85 Å². The number of rotatable bonds is 9. The number of piperidine rings is 3. The molecule has 3 aromatic rings. The minimum absolute atomic E-state index is 0.0452. The van der Waals surface area contributed by atoms with Crippen LogP contribution in [0.2, 0.25) is 0 Å². The van der Waals surface area contributed by atoms with E-state index in [0.29, 0.717) is 43.4 Å². The molecule has 0 spiro atoms. The van der Waals surface area contributed by atoms with Gasteiger partial charge in [0.2, 0.25) is 23.6 Å². The fourth-order valence-electron chi connectivity index (χ4n) is 8.43.